The predicted octanol–water partition coefficient (Wildman–Crippen LogP) is 3.32. The molecular formula is C12H14BrNOS2. The lowest BCUT2D eigenvalue weighted by Crippen LogP contribution is -2.37. The van der Waals surface area contributed by atoms with Crippen LogP contribution < -0.4 is 0 Å². The van der Waals surface area contributed by atoms with Gasteiger partial charge in [0.1, 0.15) is 0 Å². The van der Waals surface area contributed by atoms with Gasteiger partial charge in [-0.1, -0.05) is 15.9 Å². The lowest BCUT2D eigenvalue weighted by Gasteiger charge is -2.24. The van der Waals surface area contributed by atoms with Crippen LogP contribution in [-0.2, 0) is 0 Å². The molecule has 0 radical (unpaired) electrons. The molecule has 1 heterocycles. The average Bonchev–Trinajstić information content (AvgIpc) is 2.80. The molecule has 2 nitrogen and oxygen atoms in total. The van der Waals surface area contributed by atoms with Crippen LogP contribution in [0.3, 0.4) is 0 Å². The molecule has 1 atom stereocenters. The monoisotopic (exact) mass is 331 g/mol. The third kappa shape index (κ3) is 3.01. The number of thioether (sulfide) groups is 1. The van der Waals surface area contributed by atoms with Gasteiger partial charge in [0.2, 0.25) is 0 Å². The minimum absolute atomic E-state index is 0.0648. The third-order valence-corrected chi connectivity index (χ3v) is 4.97. The average molecular weight is 332 g/mol. The van der Waals surface area contributed by atoms with E-state index in [4.69, 9.17) is 0 Å². The van der Waals surface area contributed by atoms with Gasteiger partial charge in [-0.05, 0) is 30.4 Å². The first-order chi connectivity index (χ1) is 8.09. The highest BCUT2D eigenvalue weighted by Gasteiger charge is 2.25. The summed E-state index contributed by atoms with van der Waals surface area (Å²) in [6.45, 7) is 0. The highest BCUT2D eigenvalue weighted by Crippen LogP contribution is 2.25. The quantitative estimate of drug-likeness (QED) is 0.839. The van der Waals surface area contributed by atoms with Crippen molar-refractivity contribution in [1.29, 1.82) is 0 Å². The maximum Gasteiger partial charge on any atom is 0.255 e. The molecule has 0 aromatic heterocycles. The van der Waals surface area contributed by atoms with Crippen molar-refractivity contribution >= 4 is 46.2 Å². The molecule has 0 spiro atoms. The van der Waals surface area contributed by atoms with E-state index in [2.05, 4.69) is 28.6 Å². The Morgan fingerprint density at radius 1 is 1.59 bits per heavy atom. The van der Waals surface area contributed by atoms with Crippen LogP contribution in [0, 0.1) is 0 Å². The summed E-state index contributed by atoms with van der Waals surface area (Å²) in [6, 6.07) is 5.93. The van der Waals surface area contributed by atoms with E-state index in [9.17, 15) is 4.79 Å². The Hall–Kier alpha value is -0.130. The molecule has 1 amide bonds. The van der Waals surface area contributed by atoms with Crippen LogP contribution in [0.25, 0.3) is 0 Å². The zero-order valence-corrected chi connectivity index (χ0v) is 12.8. The molecule has 17 heavy (non-hydrogen) atoms. The molecule has 1 saturated heterocycles. The number of nitrogens with zero attached hydrogens (tertiary/aromatic N) is 1. The molecule has 1 unspecified atom stereocenters. The van der Waals surface area contributed by atoms with Gasteiger partial charge in [-0.25, -0.2) is 0 Å². The van der Waals surface area contributed by atoms with Crippen molar-refractivity contribution in [2.24, 2.45) is 0 Å². The second-order valence-corrected chi connectivity index (χ2v) is 6.64. The number of halogens is 1. The summed E-state index contributed by atoms with van der Waals surface area (Å²) in [4.78, 5) is 14.9. The lowest BCUT2D eigenvalue weighted by molar-refractivity contribution is 0.0744. The summed E-state index contributed by atoms with van der Waals surface area (Å²) in [7, 11) is 1.88. The van der Waals surface area contributed by atoms with Gasteiger partial charge in [-0.15, -0.1) is 12.6 Å². The van der Waals surface area contributed by atoms with E-state index in [0.717, 1.165) is 27.3 Å². The fraction of sp³-hybridized carbons (Fsp3) is 0.417. The molecule has 92 valence electrons. The van der Waals surface area contributed by atoms with Crippen molar-refractivity contribution < 1.29 is 4.79 Å². The van der Waals surface area contributed by atoms with Gasteiger partial charge in [0.05, 0.1) is 5.56 Å². The van der Waals surface area contributed by atoms with Crippen molar-refractivity contribution in [2.45, 2.75) is 17.4 Å². The zero-order valence-electron chi connectivity index (χ0n) is 9.52. The minimum Gasteiger partial charge on any atom is -0.338 e. The molecule has 1 aromatic rings. The molecule has 5 heteroatoms. The number of rotatable bonds is 2. The van der Waals surface area contributed by atoms with Gasteiger partial charge < -0.3 is 4.90 Å². The van der Waals surface area contributed by atoms with Crippen LogP contribution in [0.4, 0.5) is 0 Å². The number of amides is 1. The Bertz CT molecular complexity index is 433. The van der Waals surface area contributed by atoms with Gasteiger partial charge >= 0.3 is 0 Å². The molecule has 0 N–H and O–H groups in total. The largest absolute Gasteiger partial charge is 0.338 e. The summed E-state index contributed by atoms with van der Waals surface area (Å²) in [6.07, 6.45) is 1.09. The zero-order chi connectivity index (χ0) is 12.4. The molecule has 1 aliphatic heterocycles. The Kier molecular flexibility index (Phi) is 4.44. The highest BCUT2D eigenvalue weighted by atomic mass is 79.9. The normalized spacial score (nSPS) is 19.4. The first kappa shape index (κ1) is 13.3. The van der Waals surface area contributed by atoms with Gasteiger partial charge in [-0.3, -0.25) is 4.79 Å². The molecule has 1 aliphatic rings. The van der Waals surface area contributed by atoms with Crippen molar-refractivity contribution in [3.05, 3.63) is 28.2 Å². The van der Waals surface area contributed by atoms with Crippen LogP contribution in [-0.4, -0.2) is 35.4 Å². The Morgan fingerprint density at radius 2 is 2.35 bits per heavy atom. The highest BCUT2D eigenvalue weighted by molar-refractivity contribution is 9.10. The number of carbonyl (C=O) groups excluding carboxylic acids is 1. The lowest BCUT2D eigenvalue weighted by atomic mass is 10.1. The van der Waals surface area contributed by atoms with Crippen LogP contribution in [0.5, 0.6) is 0 Å². The van der Waals surface area contributed by atoms with E-state index in [1.165, 1.54) is 0 Å². The van der Waals surface area contributed by atoms with E-state index < -0.39 is 0 Å². The van der Waals surface area contributed by atoms with Crippen molar-refractivity contribution in [3.8, 4) is 0 Å². The Labute approximate surface area is 120 Å². The summed E-state index contributed by atoms with van der Waals surface area (Å²) in [5.74, 6) is 2.26. The predicted molar refractivity (Wildman–Crippen MR) is 79.2 cm³/mol. The van der Waals surface area contributed by atoms with Gasteiger partial charge in [-0.2, -0.15) is 11.8 Å². The molecule has 0 saturated carbocycles. The number of hydrogen-bond donors (Lipinski definition) is 1. The van der Waals surface area contributed by atoms with Crippen LogP contribution in [0.1, 0.15) is 16.8 Å². The summed E-state index contributed by atoms with van der Waals surface area (Å²) in [5.41, 5.74) is 0.677. The summed E-state index contributed by atoms with van der Waals surface area (Å²) >= 11 is 9.64. The van der Waals surface area contributed by atoms with E-state index in [1.54, 1.807) is 0 Å². The first-order valence-electron chi connectivity index (χ1n) is 5.43. The molecule has 0 bridgehead atoms. The second-order valence-electron chi connectivity index (χ2n) is 4.09. The smallest absolute Gasteiger partial charge is 0.255 e. The Morgan fingerprint density at radius 3 is 2.94 bits per heavy atom. The number of thiol groups is 1. The molecular weight excluding hydrogens is 318 g/mol. The van der Waals surface area contributed by atoms with E-state index >= 15 is 0 Å². The fourth-order valence-corrected chi connectivity index (χ4v) is 3.98. The summed E-state index contributed by atoms with van der Waals surface area (Å²) in [5, 5.41) is 0. The topological polar surface area (TPSA) is 20.3 Å². The fourth-order valence-electron chi connectivity index (χ4n) is 1.87. The Balaban J connectivity index is 2.18. The molecule has 2 rings (SSSR count). The first-order valence-corrected chi connectivity index (χ1v) is 7.82. The molecule has 1 fully saturated rings. The maximum atomic E-state index is 12.3. The number of hydrogen-bond acceptors (Lipinski definition) is 3. The van der Waals surface area contributed by atoms with Crippen LogP contribution >= 0.6 is 40.3 Å². The van der Waals surface area contributed by atoms with E-state index in [0.29, 0.717) is 11.6 Å². The van der Waals surface area contributed by atoms with Gasteiger partial charge in [0.15, 0.2) is 0 Å². The maximum absolute atomic E-state index is 12.3. The molecule has 0 aliphatic carbocycles. The van der Waals surface area contributed by atoms with Crippen molar-refractivity contribution in [1.82, 2.24) is 4.90 Å². The van der Waals surface area contributed by atoms with E-state index in [1.807, 2.05) is 41.9 Å². The van der Waals surface area contributed by atoms with Crippen LogP contribution in [0.15, 0.2) is 27.6 Å². The van der Waals surface area contributed by atoms with E-state index in [-0.39, 0.29) is 5.91 Å². The SMILES string of the molecule is CN(C(=O)c1ccc(Br)cc1S)C1CCSC1. The second kappa shape index (κ2) is 5.67. The minimum atomic E-state index is 0.0648. The van der Waals surface area contributed by atoms with Gasteiger partial charge in [0, 0.05) is 28.2 Å². The standard InChI is InChI=1S/C12H14BrNOS2/c1-14(9-4-5-17-7-9)12(15)10-3-2-8(13)6-11(10)16/h2-3,6,9,16H,4-5,7H2,1H3. The van der Waals surface area contributed by atoms with Crippen molar-refractivity contribution in [3.63, 3.8) is 0 Å². The van der Waals surface area contributed by atoms with Crippen LogP contribution in [0.2, 0.25) is 0 Å². The number of benzene rings is 1. The summed E-state index contributed by atoms with van der Waals surface area (Å²) < 4.78 is 0.943. The third-order valence-electron chi connectivity index (χ3n) is 2.96. The molecule has 1 aromatic carbocycles. The number of carbonyl (C=O) groups is 1. The van der Waals surface area contributed by atoms with Gasteiger partial charge in [0.25, 0.3) is 5.91 Å². The van der Waals surface area contributed by atoms with Crippen molar-refractivity contribution in [2.75, 3.05) is 18.6 Å².